The number of nitrogens with one attached hydrogen (secondary N) is 1. The maximum Gasteiger partial charge on any atom is 0.0656 e. The Morgan fingerprint density at radius 3 is 2.58 bits per heavy atom. The lowest BCUT2D eigenvalue weighted by atomic mass is 9.84. The lowest BCUT2D eigenvalue weighted by Crippen LogP contribution is -2.54. The van der Waals surface area contributed by atoms with Crippen molar-refractivity contribution in [1.29, 1.82) is 0 Å². The van der Waals surface area contributed by atoms with E-state index in [1.54, 1.807) is 0 Å². The fourth-order valence-corrected chi connectivity index (χ4v) is 3.12. The Labute approximate surface area is 116 Å². The number of hydrazine groups is 1. The first kappa shape index (κ1) is 14.4. The Hall–Kier alpha value is -0.970. The molecule has 0 aliphatic carbocycles. The van der Waals surface area contributed by atoms with E-state index in [0.29, 0.717) is 0 Å². The first-order chi connectivity index (χ1) is 9.11. The molecule has 1 aliphatic rings. The maximum atomic E-state index is 5.87. The fraction of sp³-hybridized carbons (Fsp3) is 0.667. The van der Waals surface area contributed by atoms with Crippen molar-refractivity contribution < 1.29 is 0 Å². The number of hydrogen-bond donors (Lipinski definition) is 2. The van der Waals surface area contributed by atoms with Crippen LogP contribution in [0.5, 0.6) is 0 Å². The average Bonchev–Trinajstić information content (AvgIpc) is 2.96. The van der Waals surface area contributed by atoms with E-state index in [2.05, 4.69) is 41.3 Å². The van der Waals surface area contributed by atoms with Gasteiger partial charge in [0.25, 0.3) is 0 Å². The van der Waals surface area contributed by atoms with Gasteiger partial charge in [-0.25, -0.2) is 0 Å². The molecular formula is C15H26N4. The van der Waals surface area contributed by atoms with Crippen molar-refractivity contribution in [3.05, 3.63) is 29.6 Å². The average molecular weight is 262 g/mol. The van der Waals surface area contributed by atoms with Crippen LogP contribution in [0.3, 0.4) is 0 Å². The molecule has 0 spiro atoms. The molecule has 0 amide bonds. The minimum Gasteiger partial charge on any atom is -0.296 e. The van der Waals surface area contributed by atoms with Crippen LogP contribution in [-0.4, -0.2) is 28.5 Å². The van der Waals surface area contributed by atoms with Gasteiger partial charge in [0.15, 0.2) is 0 Å². The molecule has 2 rings (SSSR count). The van der Waals surface area contributed by atoms with Crippen molar-refractivity contribution in [2.45, 2.75) is 51.6 Å². The number of nitrogens with two attached hydrogens (primary N) is 1. The normalized spacial score (nSPS) is 21.3. The lowest BCUT2D eigenvalue weighted by Gasteiger charge is -2.44. The topological polar surface area (TPSA) is 54.2 Å². The standard InChI is InChI=1S/C15H26N4/c1-4-15(3,19-9-5-6-10-19)14(18-16)13-8-7-12(2)17-11-13/h7-8,11,14,18H,4-6,9-10,16H2,1-3H3. The molecular weight excluding hydrogens is 236 g/mol. The Morgan fingerprint density at radius 1 is 1.42 bits per heavy atom. The summed E-state index contributed by atoms with van der Waals surface area (Å²) in [5.41, 5.74) is 5.28. The third-order valence-electron chi connectivity index (χ3n) is 4.60. The molecule has 0 aromatic carbocycles. The minimum absolute atomic E-state index is 0.0438. The van der Waals surface area contributed by atoms with Crippen LogP contribution in [0, 0.1) is 6.92 Å². The zero-order chi connectivity index (χ0) is 13.9. The quantitative estimate of drug-likeness (QED) is 0.631. The summed E-state index contributed by atoms with van der Waals surface area (Å²) in [7, 11) is 0. The van der Waals surface area contributed by atoms with Gasteiger partial charge in [0.2, 0.25) is 0 Å². The zero-order valence-electron chi connectivity index (χ0n) is 12.3. The summed E-state index contributed by atoms with van der Waals surface area (Å²) in [6.45, 7) is 8.89. The van der Waals surface area contributed by atoms with Gasteiger partial charge in [0.1, 0.15) is 0 Å². The number of hydrogen-bond acceptors (Lipinski definition) is 4. The highest BCUT2D eigenvalue weighted by atomic mass is 15.3. The van der Waals surface area contributed by atoms with Crippen molar-refractivity contribution in [1.82, 2.24) is 15.3 Å². The largest absolute Gasteiger partial charge is 0.296 e. The molecule has 0 radical (unpaired) electrons. The predicted octanol–water partition coefficient (Wildman–Crippen LogP) is 2.16. The van der Waals surface area contributed by atoms with Gasteiger partial charge < -0.3 is 0 Å². The molecule has 1 saturated heterocycles. The summed E-state index contributed by atoms with van der Waals surface area (Å²) in [5.74, 6) is 5.87. The van der Waals surface area contributed by atoms with Crippen LogP contribution >= 0.6 is 0 Å². The molecule has 2 heterocycles. The van der Waals surface area contributed by atoms with Gasteiger partial charge in [-0.2, -0.15) is 0 Å². The number of aromatic nitrogens is 1. The fourth-order valence-electron chi connectivity index (χ4n) is 3.12. The third kappa shape index (κ3) is 2.81. The number of likely N-dealkylation sites (tertiary alicyclic amines) is 1. The van der Waals surface area contributed by atoms with E-state index in [0.717, 1.165) is 12.1 Å². The van der Waals surface area contributed by atoms with Gasteiger partial charge in [0.05, 0.1) is 6.04 Å². The lowest BCUT2D eigenvalue weighted by molar-refractivity contribution is 0.0838. The second-order valence-corrected chi connectivity index (χ2v) is 5.74. The second-order valence-electron chi connectivity index (χ2n) is 5.74. The highest BCUT2D eigenvalue weighted by Crippen LogP contribution is 2.35. The Balaban J connectivity index is 2.29. The van der Waals surface area contributed by atoms with E-state index in [1.807, 2.05) is 13.1 Å². The van der Waals surface area contributed by atoms with E-state index in [4.69, 9.17) is 5.84 Å². The van der Waals surface area contributed by atoms with E-state index in [1.165, 1.54) is 31.5 Å². The zero-order valence-corrected chi connectivity index (χ0v) is 12.3. The predicted molar refractivity (Wildman–Crippen MR) is 78.5 cm³/mol. The summed E-state index contributed by atoms with van der Waals surface area (Å²) in [6, 6.07) is 4.31. The van der Waals surface area contributed by atoms with E-state index >= 15 is 0 Å². The summed E-state index contributed by atoms with van der Waals surface area (Å²) in [6.07, 6.45) is 5.59. The summed E-state index contributed by atoms with van der Waals surface area (Å²) >= 11 is 0. The molecule has 2 atom stereocenters. The second kappa shape index (κ2) is 5.99. The molecule has 106 valence electrons. The van der Waals surface area contributed by atoms with Crippen molar-refractivity contribution in [2.24, 2.45) is 5.84 Å². The number of aryl methyl sites for hydroxylation is 1. The molecule has 1 aliphatic heterocycles. The van der Waals surface area contributed by atoms with Crippen LogP contribution < -0.4 is 11.3 Å². The van der Waals surface area contributed by atoms with Gasteiger partial charge >= 0.3 is 0 Å². The van der Waals surface area contributed by atoms with Crippen LogP contribution in [0.25, 0.3) is 0 Å². The molecule has 1 fully saturated rings. The van der Waals surface area contributed by atoms with Crippen molar-refractivity contribution in [3.8, 4) is 0 Å². The highest BCUT2D eigenvalue weighted by molar-refractivity contribution is 5.21. The monoisotopic (exact) mass is 262 g/mol. The molecule has 2 unspecified atom stereocenters. The molecule has 0 bridgehead atoms. The van der Waals surface area contributed by atoms with E-state index < -0.39 is 0 Å². The number of nitrogens with zero attached hydrogens (tertiary/aromatic N) is 2. The SMILES string of the molecule is CCC(C)(C(NN)c1ccc(C)nc1)N1CCCC1. The van der Waals surface area contributed by atoms with Crippen LogP contribution in [0.4, 0.5) is 0 Å². The van der Waals surface area contributed by atoms with Gasteiger partial charge in [-0.3, -0.25) is 21.2 Å². The Morgan fingerprint density at radius 2 is 2.11 bits per heavy atom. The highest BCUT2D eigenvalue weighted by Gasteiger charge is 2.39. The van der Waals surface area contributed by atoms with Crippen LogP contribution in [-0.2, 0) is 0 Å². The van der Waals surface area contributed by atoms with E-state index in [9.17, 15) is 0 Å². The van der Waals surface area contributed by atoms with Crippen LogP contribution in [0.15, 0.2) is 18.3 Å². The van der Waals surface area contributed by atoms with Gasteiger partial charge in [-0.05, 0) is 57.8 Å². The number of pyridine rings is 1. The molecule has 1 aromatic rings. The van der Waals surface area contributed by atoms with Crippen LogP contribution in [0.1, 0.15) is 50.4 Å². The van der Waals surface area contributed by atoms with Gasteiger partial charge in [-0.1, -0.05) is 13.0 Å². The maximum absolute atomic E-state index is 5.87. The van der Waals surface area contributed by atoms with Crippen molar-refractivity contribution >= 4 is 0 Å². The molecule has 1 aromatic heterocycles. The summed E-state index contributed by atoms with van der Waals surface area (Å²) in [5, 5.41) is 0. The summed E-state index contributed by atoms with van der Waals surface area (Å²) < 4.78 is 0. The smallest absolute Gasteiger partial charge is 0.0656 e. The molecule has 4 heteroatoms. The number of rotatable bonds is 5. The van der Waals surface area contributed by atoms with Crippen molar-refractivity contribution in [2.75, 3.05) is 13.1 Å². The minimum atomic E-state index is 0.0438. The van der Waals surface area contributed by atoms with Crippen LogP contribution in [0.2, 0.25) is 0 Å². The Kier molecular flexibility index (Phi) is 4.55. The molecule has 3 N–H and O–H groups in total. The van der Waals surface area contributed by atoms with Gasteiger partial charge in [0, 0.05) is 17.4 Å². The van der Waals surface area contributed by atoms with Crippen molar-refractivity contribution in [3.63, 3.8) is 0 Å². The first-order valence-corrected chi connectivity index (χ1v) is 7.25. The third-order valence-corrected chi connectivity index (χ3v) is 4.60. The first-order valence-electron chi connectivity index (χ1n) is 7.25. The molecule has 0 saturated carbocycles. The molecule has 19 heavy (non-hydrogen) atoms. The Bertz CT molecular complexity index is 397. The summed E-state index contributed by atoms with van der Waals surface area (Å²) in [4.78, 5) is 6.98. The molecule has 4 nitrogen and oxygen atoms in total. The van der Waals surface area contributed by atoms with E-state index in [-0.39, 0.29) is 11.6 Å². The van der Waals surface area contributed by atoms with Gasteiger partial charge in [-0.15, -0.1) is 0 Å².